The molecule has 0 saturated heterocycles. The lowest BCUT2D eigenvalue weighted by Gasteiger charge is -2.25. The van der Waals surface area contributed by atoms with Gasteiger partial charge in [0.25, 0.3) is 0 Å². The van der Waals surface area contributed by atoms with Gasteiger partial charge in [-0.3, -0.25) is 4.79 Å². The zero-order valence-electron chi connectivity index (χ0n) is 13.2. The van der Waals surface area contributed by atoms with E-state index in [1.165, 1.54) is 12.8 Å². The van der Waals surface area contributed by atoms with Crippen LogP contribution in [0.1, 0.15) is 80.1 Å². The van der Waals surface area contributed by atoms with E-state index in [9.17, 15) is 4.79 Å². The molecule has 0 rings (SSSR count). The van der Waals surface area contributed by atoms with Gasteiger partial charge in [-0.15, -0.1) is 0 Å². The average Bonchev–Trinajstić information content (AvgIpc) is 2.25. The average molecular weight is 256 g/mol. The van der Waals surface area contributed by atoms with Gasteiger partial charge in [-0.1, -0.05) is 46.5 Å². The minimum absolute atomic E-state index is 0.00102. The fraction of sp³-hybridized carbons (Fsp3) is 0.938. The second-order valence-electron chi connectivity index (χ2n) is 6.48. The summed E-state index contributed by atoms with van der Waals surface area (Å²) in [6, 6.07) is 0. The van der Waals surface area contributed by atoms with Crippen molar-refractivity contribution in [2.75, 3.05) is 0 Å². The van der Waals surface area contributed by atoms with Crippen LogP contribution in [0.4, 0.5) is 0 Å². The molecular formula is C16H32O2. The van der Waals surface area contributed by atoms with E-state index in [1.54, 1.807) is 0 Å². The van der Waals surface area contributed by atoms with Crippen LogP contribution in [0, 0.1) is 11.8 Å². The normalized spacial score (nSPS) is 15.2. The fourth-order valence-corrected chi connectivity index (χ4v) is 2.01. The number of rotatable bonds is 8. The van der Waals surface area contributed by atoms with Gasteiger partial charge in [-0.05, 0) is 39.5 Å². The molecule has 18 heavy (non-hydrogen) atoms. The molecular weight excluding hydrogens is 224 g/mol. The van der Waals surface area contributed by atoms with Gasteiger partial charge in [0.15, 0.2) is 0 Å². The molecule has 2 nitrogen and oxygen atoms in total. The molecule has 0 aromatic heterocycles. The summed E-state index contributed by atoms with van der Waals surface area (Å²) < 4.78 is 5.54. The molecule has 0 aliphatic heterocycles. The third-order valence-electron chi connectivity index (χ3n) is 3.28. The van der Waals surface area contributed by atoms with Crippen molar-refractivity contribution in [3.8, 4) is 0 Å². The zero-order valence-corrected chi connectivity index (χ0v) is 13.2. The Labute approximate surface area is 113 Å². The number of carbonyl (C=O) groups excluding carboxylic acids is 1. The van der Waals surface area contributed by atoms with Gasteiger partial charge in [0.2, 0.25) is 0 Å². The standard InChI is InChI=1S/C16H32O2/c1-7-9-10-11-14(12-13(3)8-2)15(17)18-16(4,5)6/h13-14H,7-12H2,1-6H3. The zero-order chi connectivity index (χ0) is 14.2. The van der Waals surface area contributed by atoms with Crippen LogP contribution in [0.2, 0.25) is 0 Å². The lowest BCUT2D eigenvalue weighted by molar-refractivity contribution is -0.161. The molecule has 0 fully saturated rings. The van der Waals surface area contributed by atoms with Crippen LogP contribution in [-0.2, 0) is 9.53 Å². The third kappa shape index (κ3) is 8.54. The third-order valence-corrected chi connectivity index (χ3v) is 3.28. The molecule has 0 amide bonds. The first kappa shape index (κ1) is 17.5. The molecule has 0 saturated carbocycles. The first-order valence-corrected chi connectivity index (χ1v) is 7.53. The molecule has 0 aliphatic rings. The van der Waals surface area contributed by atoms with E-state index in [2.05, 4.69) is 20.8 Å². The Hall–Kier alpha value is -0.530. The highest BCUT2D eigenvalue weighted by Crippen LogP contribution is 2.24. The first-order valence-electron chi connectivity index (χ1n) is 7.53. The summed E-state index contributed by atoms with van der Waals surface area (Å²) in [5.41, 5.74) is -0.366. The lowest BCUT2D eigenvalue weighted by Crippen LogP contribution is -2.29. The van der Waals surface area contributed by atoms with Crippen molar-refractivity contribution in [3.63, 3.8) is 0 Å². The quantitative estimate of drug-likeness (QED) is 0.453. The van der Waals surface area contributed by atoms with E-state index in [1.807, 2.05) is 20.8 Å². The summed E-state index contributed by atoms with van der Waals surface area (Å²) in [5, 5.41) is 0. The summed E-state index contributed by atoms with van der Waals surface area (Å²) in [5.74, 6) is 0.689. The molecule has 0 aromatic carbocycles. The largest absolute Gasteiger partial charge is 0.460 e. The monoisotopic (exact) mass is 256 g/mol. The second-order valence-corrected chi connectivity index (χ2v) is 6.48. The van der Waals surface area contributed by atoms with Crippen molar-refractivity contribution in [1.29, 1.82) is 0 Å². The van der Waals surface area contributed by atoms with Crippen molar-refractivity contribution in [2.45, 2.75) is 85.7 Å². The Balaban J connectivity index is 4.39. The predicted molar refractivity (Wildman–Crippen MR) is 77.5 cm³/mol. The van der Waals surface area contributed by atoms with Gasteiger partial charge in [-0.25, -0.2) is 0 Å². The number of ether oxygens (including phenoxy) is 1. The molecule has 0 bridgehead atoms. The van der Waals surface area contributed by atoms with Gasteiger partial charge in [0, 0.05) is 0 Å². The highest BCUT2D eigenvalue weighted by molar-refractivity contribution is 5.72. The number of esters is 1. The van der Waals surface area contributed by atoms with Crippen molar-refractivity contribution < 1.29 is 9.53 Å². The van der Waals surface area contributed by atoms with Crippen LogP contribution in [0.5, 0.6) is 0 Å². The summed E-state index contributed by atoms with van der Waals surface area (Å²) in [6.07, 6.45) is 6.62. The van der Waals surface area contributed by atoms with Crippen molar-refractivity contribution in [3.05, 3.63) is 0 Å². The maximum absolute atomic E-state index is 12.2. The van der Waals surface area contributed by atoms with Crippen LogP contribution in [-0.4, -0.2) is 11.6 Å². The Morgan fingerprint density at radius 3 is 2.22 bits per heavy atom. The molecule has 108 valence electrons. The number of carbonyl (C=O) groups is 1. The van der Waals surface area contributed by atoms with Gasteiger partial charge in [0.05, 0.1) is 5.92 Å². The minimum Gasteiger partial charge on any atom is -0.460 e. The van der Waals surface area contributed by atoms with E-state index in [-0.39, 0.29) is 17.5 Å². The topological polar surface area (TPSA) is 26.3 Å². The Kier molecular flexibility index (Phi) is 8.30. The molecule has 0 aromatic rings. The van der Waals surface area contributed by atoms with Gasteiger partial charge in [0.1, 0.15) is 5.60 Å². The molecule has 0 heterocycles. The van der Waals surface area contributed by atoms with Crippen molar-refractivity contribution in [1.82, 2.24) is 0 Å². The Morgan fingerprint density at radius 2 is 1.78 bits per heavy atom. The van der Waals surface area contributed by atoms with Crippen LogP contribution in [0.15, 0.2) is 0 Å². The van der Waals surface area contributed by atoms with E-state index in [4.69, 9.17) is 4.74 Å². The van der Waals surface area contributed by atoms with Gasteiger partial charge < -0.3 is 4.74 Å². The van der Waals surface area contributed by atoms with E-state index >= 15 is 0 Å². The summed E-state index contributed by atoms with van der Waals surface area (Å²) in [6.45, 7) is 12.4. The molecule has 0 N–H and O–H groups in total. The van der Waals surface area contributed by atoms with Gasteiger partial charge >= 0.3 is 5.97 Å². The summed E-state index contributed by atoms with van der Waals surface area (Å²) in [7, 11) is 0. The van der Waals surface area contributed by atoms with E-state index in [0.717, 1.165) is 25.7 Å². The summed E-state index contributed by atoms with van der Waals surface area (Å²) in [4.78, 5) is 12.2. The Bertz CT molecular complexity index is 228. The van der Waals surface area contributed by atoms with Crippen LogP contribution >= 0.6 is 0 Å². The number of unbranched alkanes of at least 4 members (excludes halogenated alkanes) is 2. The highest BCUT2D eigenvalue weighted by Gasteiger charge is 2.25. The highest BCUT2D eigenvalue weighted by atomic mass is 16.6. The molecule has 2 heteroatoms. The fourth-order valence-electron chi connectivity index (χ4n) is 2.01. The molecule has 0 radical (unpaired) electrons. The van der Waals surface area contributed by atoms with Crippen molar-refractivity contribution >= 4 is 5.97 Å². The van der Waals surface area contributed by atoms with E-state index in [0.29, 0.717) is 5.92 Å². The first-order chi connectivity index (χ1) is 8.30. The SMILES string of the molecule is CCCCCC(CC(C)CC)C(=O)OC(C)(C)C. The maximum Gasteiger partial charge on any atom is 0.309 e. The lowest BCUT2D eigenvalue weighted by atomic mass is 9.90. The molecule has 0 aliphatic carbocycles. The molecule has 0 spiro atoms. The van der Waals surface area contributed by atoms with Gasteiger partial charge in [-0.2, -0.15) is 0 Å². The predicted octanol–water partition coefficient (Wildman–Crippen LogP) is 4.96. The van der Waals surface area contributed by atoms with Crippen molar-refractivity contribution in [2.24, 2.45) is 11.8 Å². The number of hydrogen-bond acceptors (Lipinski definition) is 2. The smallest absolute Gasteiger partial charge is 0.309 e. The molecule has 2 unspecified atom stereocenters. The second kappa shape index (κ2) is 8.55. The maximum atomic E-state index is 12.2. The minimum atomic E-state index is -0.366. The van der Waals surface area contributed by atoms with Crippen LogP contribution in [0.3, 0.4) is 0 Å². The molecule has 2 atom stereocenters. The van der Waals surface area contributed by atoms with E-state index < -0.39 is 0 Å². The number of hydrogen-bond donors (Lipinski definition) is 0. The van der Waals surface area contributed by atoms with Crippen LogP contribution in [0.25, 0.3) is 0 Å². The van der Waals surface area contributed by atoms with Crippen LogP contribution < -0.4 is 0 Å². The summed E-state index contributed by atoms with van der Waals surface area (Å²) >= 11 is 0. The Morgan fingerprint density at radius 1 is 1.17 bits per heavy atom.